The summed E-state index contributed by atoms with van der Waals surface area (Å²) >= 11 is 0. The van der Waals surface area contributed by atoms with Crippen molar-refractivity contribution >= 4 is 17.6 Å². The van der Waals surface area contributed by atoms with Gasteiger partial charge >= 0.3 is 17.8 Å². The topological polar surface area (TPSA) is 136 Å². The Bertz CT molecular complexity index is 1430. The second-order valence-corrected chi connectivity index (χ2v) is 8.01. The first kappa shape index (κ1) is 28.2. The van der Waals surface area contributed by atoms with Gasteiger partial charge in [0, 0.05) is 36.8 Å². The van der Waals surface area contributed by atoms with E-state index in [1.54, 1.807) is 24.1 Å². The third-order valence-corrected chi connectivity index (χ3v) is 5.58. The maximum atomic E-state index is 12.8. The Hall–Kier alpha value is -4.40. The lowest BCUT2D eigenvalue weighted by Crippen LogP contribution is -2.30. The molecule has 202 valence electrons. The number of halogens is 5. The van der Waals surface area contributed by atoms with Crippen LogP contribution in [0.4, 0.5) is 27.6 Å². The number of rotatable bonds is 5. The molecule has 0 spiro atoms. The van der Waals surface area contributed by atoms with Gasteiger partial charge in [-0.1, -0.05) is 6.07 Å². The molecule has 10 nitrogen and oxygen atoms in total. The summed E-state index contributed by atoms with van der Waals surface area (Å²) in [5, 5.41) is 11.0. The van der Waals surface area contributed by atoms with Gasteiger partial charge in [0.25, 0.3) is 6.08 Å². The zero-order chi connectivity index (χ0) is 28.2. The number of aryl methyl sites for hydroxylation is 1. The van der Waals surface area contributed by atoms with Crippen molar-refractivity contribution in [3.05, 3.63) is 70.6 Å². The van der Waals surface area contributed by atoms with Crippen LogP contribution in [0, 0.1) is 0 Å². The number of nitrogens with zero attached hydrogens (tertiary/aromatic N) is 5. The SMILES string of the molecule is CN1C(=O)CCc2cc(-c3ccc(-n4cnn(CC(CN)=C(F)F)c4=O)cn3)ccc21.O=C(O)C(F)(F)F. The van der Waals surface area contributed by atoms with Crippen molar-refractivity contribution in [3.8, 4) is 16.9 Å². The van der Waals surface area contributed by atoms with Crippen LogP contribution in [0.5, 0.6) is 0 Å². The van der Waals surface area contributed by atoms with Crippen LogP contribution in [0.25, 0.3) is 16.9 Å². The molecule has 0 unspecified atom stereocenters. The van der Waals surface area contributed by atoms with Crippen LogP contribution >= 0.6 is 0 Å². The van der Waals surface area contributed by atoms with Gasteiger partial charge in [-0.05, 0) is 36.2 Å². The monoisotopic (exact) mass is 540 g/mol. The van der Waals surface area contributed by atoms with E-state index in [9.17, 15) is 31.5 Å². The zero-order valence-corrected chi connectivity index (χ0v) is 19.7. The van der Waals surface area contributed by atoms with Crippen molar-refractivity contribution in [1.29, 1.82) is 0 Å². The lowest BCUT2D eigenvalue weighted by Gasteiger charge is -2.26. The van der Waals surface area contributed by atoms with E-state index in [0.29, 0.717) is 24.2 Å². The summed E-state index contributed by atoms with van der Waals surface area (Å²) in [6, 6.07) is 9.28. The molecule has 3 aromatic rings. The van der Waals surface area contributed by atoms with Gasteiger partial charge in [-0.3, -0.25) is 9.78 Å². The first-order valence-electron chi connectivity index (χ1n) is 10.9. The van der Waals surface area contributed by atoms with Crippen LogP contribution < -0.4 is 16.3 Å². The number of carbonyl (C=O) groups excluding carboxylic acids is 1. The molecule has 3 heterocycles. The Kier molecular flexibility index (Phi) is 8.40. The number of carbonyl (C=O) groups is 2. The number of hydrogen-bond acceptors (Lipinski definition) is 6. The maximum Gasteiger partial charge on any atom is 0.490 e. The summed E-state index contributed by atoms with van der Waals surface area (Å²) in [6.07, 6.45) is -3.06. The van der Waals surface area contributed by atoms with Gasteiger partial charge in [0.1, 0.15) is 6.33 Å². The number of aliphatic carboxylic acids is 1. The Balaban J connectivity index is 0.000000505. The predicted octanol–water partition coefficient (Wildman–Crippen LogP) is 2.75. The van der Waals surface area contributed by atoms with Crippen LogP contribution in [0.2, 0.25) is 0 Å². The average Bonchev–Trinajstić information content (AvgIpc) is 3.24. The second-order valence-electron chi connectivity index (χ2n) is 8.01. The molecular weight excluding hydrogens is 519 g/mol. The normalized spacial score (nSPS) is 12.9. The molecule has 1 aliphatic heterocycles. The fraction of sp³-hybridized carbons (Fsp3) is 0.261. The number of anilines is 1. The van der Waals surface area contributed by atoms with Crippen molar-refractivity contribution < 1.29 is 36.6 Å². The van der Waals surface area contributed by atoms with E-state index in [2.05, 4.69) is 10.1 Å². The third kappa shape index (κ3) is 6.29. The van der Waals surface area contributed by atoms with Crippen LogP contribution in [0.3, 0.4) is 0 Å². The number of carboxylic acids is 1. The molecule has 3 N–H and O–H groups in total. The number of amides is 1. The molecule has 2 aromatic heterocycles. The van der Waals surface area contributed by atoms with E-state index < -0.39 is 23.9 Å². The molecule has 0 radical (unpaired) electrons. The molecular formula is C23H21F5N6O4. The van der Waals surface area contributed by atoms with Crippen LogP contribution in [-0.4, -0.2) is 56.1 Å². The number of benzene rings is 1. The Morgan fingerprint density at radius 3 is 2.37 bits per heavy atom. The lowest BCUT2D eigenvalue weighted by molar-refractivity contribution is -0.192. The fourth-order valence-electron chi connectivity index (χ4n) is 3.52. The van der Waals surface area contributed by atoms with Crippen molar-refractivity contribution in [1.82, 2.24) is 19.3 Å². The van der Waals surface area contributed by atoms with Crippen molar-refractivity contribution in [2.24, 2.45) is 5.73 Å². The molecule has 0 fully saturated rings. The summed E-state index contributed by atoms with van der Waals surface area (Å²) in [7, 11) is 1.76. The van der Waals surface area contributed by atoms with E-state index in [0.717, 1.165) is 21.5 Å². The molecule has 4 rings (SSSR count). The highest BCUT2D eigenvalue weighted by Gasteiger charge is 2.38. The van der Waals surface area contributed by atoms with E-state index in [1.807, 2.05) is 18.2 Å². The first-order chi connectivity index (χ1) is 17.8. The smallest absolute Gasteiger partial charge is 0.475 e. The minimum Gasteiger partial charge on any atom is -0.475 e. The molecule has 1 aliphatic rings. The number of hydrogen-bond donors (Lipinski definition) is 2. The van der Waals surface area contributed by atoms with E-state index in [4.69, 9.17) is 15.6 Å². The number of pyridine rings is 1. The van der Waals surface area contributed by atoms with Crippen molar-refractivity contribution in [2.45, 2.75) is 25.6 Å². The maximum absolute atomic E-state index is 12.8. The van der Waals surface area contributed by atoms with Crippen LogP contribution in [-0.2, 0) is 22.6 Å². The van der Waals surface area contributed by atoms with E-state index >= 15 is 0 Å². The van der Waals surface area contributed by atoms with Crippen LogP contribution in [0.15, 0.2) is 59.3 Å². The third-order valence-electron chi connectivity index (χ3n) is 5.58. The summed E-state index contributed by atoms with van der Waals surface area (Å²) < 4.78 is 59.5. The molecule has 0 aliphatic carbocycles. The first-order valence-corrected chi connectivity index (χ1v) is 10.9. The highest BCUT2D eigenvalue weighted by molar-refractivity contribution is 5.96. The fourth-order valence-corrected chi connectivity index (χ4v) is 3.52. The van der Waals surface area contributed by atoms with Gasteiger partial charge in [0.15, 0.2) is 0 Å². The number of alkyl halides is 3. The zero-order valence-electron chi connectivity index (χ0n) is 19.7. The summed E-state index contributed by atoms with van der Waals surface area (Å²) in [5.41, 5.74) is 8.42. The van der Waals surface area contributed by atoms with Crippen molar-refractivity contribution in [3.63, 3.8) is 0 Å². The summed E-state index contributed by atoms with van der Waals surface area (Å²) in [5.74, 6) is -2.66. The Morgan fingerprint density at radius 2 is 1.82 bits per heavy atom. The number of aromatic nitrogens is 4. The van der Waals surface area contributed by atoms with Gasteiger partial charge in [0.2, 0.25) is 5.91 Å². The molecule has 1 amide bonds. The van der Waals surface area contributed by atoms with Gasteiger partial charge < -0.3 is 15.7 Å². The van der Waals surface area contributed by atoms with E-state index in [1.165, 1.54) is 17.1 Å². The molecule has 0 bridgehead atoms. The molecule has 38 heavy (non-hydrogen) atoms. The quantitative estimate of drug-likeness (QED) is 0.475. The molecule has 0 saturated heterocycles. The van der Waals surface area contributed by atoms with Gasteiger partial charge in [-0.2, -0.15) is 27.1 Å². The number of carboxylic acid groups (broad SMARTS) is 1. The second kappa shape index (κ2) is 11.3. The predicted molar refractivity (Wildman–Crippen MR) is 125 cm³/mol. The highest BCUT2D eigenvalue weighted by Crippen LogP contribution is 2.30. The Morgan fingerprint density at radius 1 is 1.13 bits per heavy atom. The molecule has 0 atom stereocenters. The summed E-state index contributed by atoms with van der Waals surface area (Å²) in [4.78, 5) is 39.4. The highest BCUT2D eigenvalue weighted by atomic mass is 19.4. The van der Waals surface area contributed by atoms with Crippen LogP contribution in [0.1, 0.15) is 12.0 Å². The molecule has 15 heteroatoms. The van der Waals surface area contributed by atoms with E-state index in [-0.39, 0.29) is 24.6 Å². The Labute approximate surface area is 211 Å². The molecule has 0 saturated carbocycles. The standard InChI is InChI=1S/C21H20F2N6O2.C2HF3O2/c1-27-18-6-2-13(8-14(18)3-7-19(27)30)17-5-4-16(10-25-17)28-12-26-29(21(28)31)11-15(9-24)20(22)23;3-2(4,5)1(6)7/h2,4-6,8,10,12H,3,7,9,11,24H2,1H3;(H,6,7). The van der Waals surface area contributed by atoms with Gasteiger partial charge in [0.05, 0.1) is 24.1 Å². The average molecular weight is 540 g/mol. The lowest BCUT2D eigenvalue weighted by atomic mass is 9.98. The van der Waals surface area contributed by atoms with Gasteiger partial charge in [-0.25, -0.2) is 18.8 Å². The van der Waals surface area contributed by atoms with Gasteiger partial charge in [-0.15, -0.1) is 0 Å². The van der Waals surface area contributed by atoms with Crippen molar-refractivity contribution in [2.75, 3.05) is 18.5 Å². The summed E-state index contributed by atoms with van der Waals surface area (Å²) in [6.45, 7) is -0.731. The number of nitrogens with two attached hydrogens (primary N) is 1. The minimum absolute atomic E-state index is 0.0945. The minimum atomic E-state index is -5.08. The molecule has 1 aromatic carbocycles. The largest absolute Gasteiger partial charge is 0.490 e. The number of fused-ring (bicyclic) bond motifs is 1.